The molecule has 2 aromatic rings. The number of carbonyl (C=O) groups excluding carboxylic acids is 1. The third-order valence-electron chi connectivity index (χ3n) is 6.00. The molecule has 2 unspecified atom stereocenters. The molecule has 1 amide bonds. The molecule has 150 valence electrons. The molecule has 3 heteroatoms. The van der Waals surface area contributed by atoms with Gasteiger partial charge in [0, 0.05) is 17.7 Å². The Hall–Kier alpha value is -2.81. The third-order valence-corrected chi connectivity index (χ3v) is 6.00. The Balaban J connectivity index is 1.92. The minimum Gasteiger partial charge on any atom is -0.368 e. The number of benzene rings is 2. The molecule has 1 aliphatic carbocycles. The van der Waals surface area contributed by atoms with Crippen LogP contribution in [0.5, 0.6) is 0 Å². The summed E-state index contributed by atoms with van der Waals surface area (Å²) in [5.74, 6) is 0.876. The molecule has 2 aliphatic rings. The van der Waals surface area contributed by atoms with E-state index in [-0.39, 0.29) is 18.0 Å². The summed E-state index contributed by atoms with van der Waals surface area (Å²) in [5, 5.41) is 6.67. The van der Waals surface area contributed by atoms with Crippen LogP contribution in [0, 0.1) is 0 Å². The molecule has 0 fully saturated rings. The molecule has 1 heterocycles. The van der Waals surface area contributed by atoms with Gasteiger partial charge in [0.15, 0.2) is 0 Å². The predicted molar refractivity (Wildman–Crippen MR) is 120 cm³/mol. The Labute approximate surface area is 173 Å². The van der Waals surface area contributed by atoms with Crippen LogP contribution >= 0.6 is 0 Å². The van der Waals surface area contributed by atoms with Crippen LogP contribution in [-0.2, 0) is 4.79 Å². The minimum atomic E-state index is -0.164. The zero-order valence-corrected chi connectivity index (χ0v) is 17.9. The van der Waals surface area contributed by atoms with Crippen LogP contribution in [0.1, 0.15) is 80.2 Å². The number of rotatable bonds is 4. The highest BCUT2D eigenvalue weighted by Gasteiger charge is 2.37. The average molecular weight is 387 g/mol. The minimum absolute atomic E-state index is 0.0313. The van der Waals surface area contributed by atoms with E-state index in [9.17, 15) is 4.79 Å². The highest BCUT2D eigenvalue weighted by molar-refractivity contribution is 5.95. The first-order chi connectivity index (χ1) is 13.9. The van der Waals surface area contributed by atoms with Crippen LogP contribution in [0.4, 0.5) is 0 Å². The van der Waals surface area contributed by atoms with Gasteiger partial charge in [-0.05, 0) is 52.1 Å². The molecule has 2 aromatic carbocycles. The maximum Gasteiger partial charge on any atom is 0.247 e. The summed E-state index contributed by atoms with van der Waals surface area (Å²) in [5.41, 5.74) is 8.80. The summed E-state index contributed by atoms with van der Waals surface area (Å²) in [7, 11) is 0. The smallest absolute Gasteiger partial charge is 0.247 e. The van der Waals surface area contributed by atoms with Crippen LogP contribution in [0.2, 0.25) is 0 Å². The first-order valence-corrected chi connectivity index (χ1v) is 10.6. The molecule has 0 saturated carbocycles. The zero-order chi connectivity index (χ0) is 20.7. The number of amides is 1. The maximum atomic E-state index is 12.3. The largest absolute Gasteiger partial charge is 0.368 e. The second-order valence-corrected chi connectivity index (χ2v) is 8.79. The lowest BCUT2D eigenvalue weighted by Crippen LogP contribution is -2.51. The van der Waals surface area contributed by atoms with Gasteiger partial charge in [0.1, 0.15) is 6.17 Å². The van der Waals surface area contributed by atoms with Crippen LogP contribution < -0.4 is 10.6 Å². The fraction of sp³-hybridized carbons (Fsp3) is 0.346. The summed E-state index contributed by atoms with van der Waals surface area (Å²) in [6.07, 6.45) is 3.79. The van der Waals surface area contributed by atoms with Gasteiger partial charge < -0.3 is 10.6 Å². The third kappa shape index (κ3) is 3.50. The second-order valence-electron chi connectivity index (χ2n) is 8.79. The number of hydrogen-bond donors (Lipinski definition) is 2. The second kappa shape index (κ2) is 7.55. The van der Waals surface area contributed by atoms with E-state index < -0.39 is 0 Å². The maximum absolute atomic E-state index is 12.3. The van der Waals surface area contributed by atoms with E-state index in [2.05, 4.69) is 86.9 Å². The topological polar surface area (TPSA) is 41.1 Å². The van der Waals surface area contributed by atoms with Crippen LogP contribution in [0.3, 0.4) is 0 Å². The molecular formula is C26H30N2O. The van der Waals surface area contributed by atoms with Crippen molar-refractivity contribution in [2.24, 2.45) is 0 Å². The Morgan fingerprint density at radius 3 is 2.10 bits per heavy atom. The molecule has 0 aromatic heterocycles. The Morgan fingerprint density at radius 2 is 1.48 bits per heavy atom. The lowest BCUT2D eigenvalue weighted by Gasteiger charge is -2.34. The first kappa shape index (κ1) is 19.5. The monoisotopic (exact) mass is 386 g/mol. The van der Waals surface area contributed by atoms with Crippen LogP contribution in [0.15, 0.2) is 54.2 Å². The SMILES string of the molecule is CC1=CC(=O)NC(C2C(c3c(C(C)C)cccc3C(C)C)=Cc3ccccc32)N1. The molecular weight excluding hydrogens is 356 g/mol. The number of allylic oxidation sites excluding steroid dienone is 1. The average Bonchev–Trinajstić information content (AvgIpc) is 3.05. The molecule has 1 aliphatic heterocycles. The molecule has 0 saturated heterocycles. The van der Waals surface area contributed by atoms with E-state index >= 15 is 0 Å². The van der Waals surface area contributed by atoms with Crippen molar-refractivity contribution >= 4 is 17.6 Å². The van der Waals surface area contributed by atoms with Gasteiger partial charge in [0.2, 0.25) is 5.91 Å². The fourth-order valence-corrected chi connectivity index (χ4v) is 4.70. The van der Waals surface area contributed by atoms with Crippen molar-refractivity contribution in [1.29, 1.82) is 0 Å². The van der Waals surface area contributed by atoms with E-state index in [0.29, 0.717) is 11.8 Å². The van der Waals surface area contributed by atoms with Crippen LogP contribution in [-0.4, -0.2) is 12.1 Å². The van der Waals surface area contributed by atoms with Crippen molar-refractivity contribution in [3.05, 3.63) is 82.1 Å². The van der Waals surface area contributed by atoms with E-state index in [1.165, 1.54) is 33.4 Å². The zero-order valence-electron chi connectivity index (χ0n) is 17.9. The van der Waals surface area contributed by atoms with Gasteiger partial charge in [0.25, 0.3) is 0 Å². The molecule has 29 heavy (non-hydrogen) atoms. The highest BCUT2D eigenvalue weighted by atomic mass is 16.1. The van der Waals surface area contributed by atoms with E-state index in [1.807, 2.05) is 6.92 Å². The molecule has 2 atom stereocenters. The van der Waals surface area contributed by atoms with Crippen molar-refractivity contribution in [2.75, 3.05) is 0 Å². The fourth-order valence-electron chi connectivity index (χ4n) is 4.70. The van der Waals surface area contributed by atoms with Crippen molar-refractivity contribution in [2.45, 2.75) is 58.5 Å². The van der Waals surface area contributed by atoms with Gasteiger partial charge in [-0.3, -0.25) is 4.79 Å². The molecule has 0 bridgehead atoms. The Kier molecular flexibility index (Phi) is 5.08. The van der Waals surface area contributed by atoms with Gasteiger partial charge >= 0.3 is 0 Å². The lowest BCUT2D eigenvalue weighted by molar-refractivity contribution is -0.117. The Morgan fingerprint density at radius 1 is 0.828 bits per heavy atom. The van der Waals surface area contributed by atoms with Crippen molar-refractivity contribution in [3.8, 4) is 0 Å². The van der Waals surface area contributed by atoms with Crippen molar-refractivity contribution < 1.29 is 4.79 Å². The molecule has 2 N–H and O–H groups in total. The van der Waals surface area contributed by atoms with Gasteiger partial charge in [-0.1, -0.05) is 76.2 Å². The number of carbonyl (C=O) groups is 1. The lowest BCUT2D eigenvalue weighted by atomic mass is 9.79. The summed E-state index contributed by atoms with van der Waals surface area (Å²) in [6, 6.07) is 15.2. The van der Waals surface area contributed by atoms with E-state index in [4.69, 9.17) is 0 Å². The highest BCUT2D eigenvalue weighted by Crippen LogP contribution is 2.47. The predicted octanol–water partition coefficient (Wildman–Crippen LogP) is 5.52. The summed E-state index contributed by atoms with van der Waals surface area (Å²) < 4.78 is 0. The van der Waals surface area contributed by atoms with Crippen molar-refractivity contribution in [3.63, 3.8) is 0 Å². The van der Waals surface area contributed by atoms with E-state index in [1.54, 1.807) is 6.08 Å². The normalized spacial score (nSPS) is 20.9. The molecule has 4 rings (SSSR count). The summed E-state index contributed by atoms with van der Waals surface area (Å²) in [4.78, 5) is 12.3. The van der Waals surface area contributed by atoms with Crippen LogP contribution in [0.25, 0.3) is 11.6 Å². The summed E-state index contributed by atoms with van der Waals surface area (Å²) in [6.45, 7) is 11.0. The van der Waals surface area contributed by atoms with Gasteiger partial charge in [-0.25, -0.2) is 0 Å². The number of fused-ring (bicyclic) bond motifs is 1. The van der Waals surface area contributed by atoms with Gasteiger partial charge in [0.05, 0.1) is 0 Å². The van der Waals surface area contributed by atoms with Gasteiger partial charge in [-0.2, -0.15) is 0 Å². The summed E-state index contributed by atoms with van der Waals surface area (Å²) >= 11 is 0. The number of hydrogen-bond acceptors (Lipinski definition) is 2. The molecule has 3 nitrogen and oxygen atoms in total. The quantitative estimate of drug-likeness (QED) is 0.726. The van der Waals surface area contributed by atoms with Gasteiger partial charge in [-0.15, -0.1) is 0 Å². The first-order valence-electron chi connectivity index (χ1n) is 10.6. The molecule has 0 radical (unpaired) electrons. The van der Waals surface area contributed by atoms with E-state index in [0.717, 1.165) is 5.70 Å². The number of nitrogens with one attached hydrogen (secondary N) is 2. The van der Waals surface area contributed by atoms with Crippen molar-refractivity contribution in [1.82, 2.24) is 10.6 Å². The standard InChI is InChI=1S/C26H30N2O/c1-15(2)19-11-8-12-20(16(3)4)24(19)22-14-18-9-6-7-10-21(18)25(22)26-27-17(5)13-23(29)28-26/h6-16,25-27H,1-5H3,(H,28,29). The Bertz CT molecular complexity index is 987. The molecule has 0 spiro atoms.